The van der Waals surface area contributed by atoms with Crippen LogP contribution < -0.4 is 14.8 Å². The Morgan fingerprint density at radius 2 is 1.94 bits per heavy atom. The molecule has 0 radical (unpaired) electrons. The zero-order valence-corrected chi connectivity index (χ0v) is 9.99. The highest BCUT2D eigenvalue weighted by molar-refractivity contribution is 5.43. The maximum Gasteiger partial charge on any atom is 0.161 e. The van der Waals surface area contributed by atoms with Crippen LogP contribution in [-0.2, 0) is 0 Å². The van der Waals surface area contributed by atoms with E-state index >= 15 is 0 Å². The summed E-state index contributed by atoms with van der Waals surface area (Å²) in [6, 6.07) is 5.46. The van der Waals surface area contributed by atoms with Gasteiger partial charge < -0.3 is 19.9 Å². The molecule has 4 heteroatoms. The lowest BCUT2D eigenvalue weighted by molar-refractivity contribution is 0.167. The van der Waals surface area contributed by atoms with E-state index in [1.165, 1.54) is 0 Å². The molecule has 0 fully saturated rings. The molecular formula is C12H19NO3. The summed E-state index contributed by atoms with van der Waals surface area (Å²) in [5.74, 6) is 1.32. The van der Waals surface area contributed by atoms with Crippen LogP contribution in [0.5, 0.6) is 11.5 Å². The first-order chi connectivity index (χ1) is 7.72. The van der Waals surface area contributed by atoms with Crippen molar-refractivity contribution in [3.05, 3.63) is 23.8 Å². The number of aliphatic hydroxyl groups excluding tert-OH is 1. The van der Waals surface area contributed by atoms with Crippen molar-refractivity contribution in [3.8, 4) is 11.5 Å². The molecule has 1 aromatic rings. The molecule has 0 aliphatic heterocycles. The Morgan fingerprint density at radius 1 is 1.25 bits per heavy atom. The van der Waals surface area contributed by atoms with Crippen LogP contribution in [0.15, 0.2) is 18.2 Å². The highest BCUT2D eigenvalue weighted by Gasteiger charge is 2.10. The third kappa shape index (κ3) is 3.12. The number of methoxy groups -OCH3 is 2. The van der Waals surface area contributed by atoms with Crippen molar-refractivity contribution >= 4 is 0 Å². The molecule has 1 unspecified atom stereocenters. The molecule has 90 valence electrons. The molecule has 0 spiro atoms. The van der Waals surface area contributed by atoms with Crippen LogP contribution >= 0.6 is 0 Å². The molecule has 0 saturated heterocycles. The SMILES string of the molecule is CNCCC(O)c1ccc(OC)c(OC)c1. The van der Waals surface area contributed by atoms with Crippen molar-refractivity contribution in [2.45, 2.75) is 12.5 Å². The first-order valence-electron chi connectivity index (χ1n) is 5.27. The summed E-state index contributed by atoms with van der Waals surface area (Å²) >= 11 is 0. The fourth-order valence-corrected chi connectivity index (χ4v) is 1.51. The molecule has 0 aromatic heterocycles. The number of hydrogen-bond acceptors (Lipinski definition) is 4. The third-order valence-corrected chi connectivity index (χ3v) is 2.46. The van der Waals surface area contributed by atoms with E-state index in [-0.39, 0.29) is 0 Å². The van der Waals surface area contributed by atoms with Crippen LogP contribution in [0.25, 0.3) is 0 Å². The van der Waals surface area contributed by atoms with Gasteiger partial charge in [0.15, 0.2) is 11.5 Å². The van der Waals surface area contributed by atoms with Gasteiger partial charge in [-0.05, 0) is 37.7 Å². The second kappa shape index (κ2) is 6.35. The van der Waals surface area contributed by atoms with Gasteiger partial charge in [-0.1, -0.05) is 6.07 Å². The lowest BCUT2D eigenvalue weighted by atomic mass is 10.1. The number of benzene rings is 1. The summed E-state index contributed by atoms with van der Waals surface area (Å²) in [6.07, 6.45) is 0.193. The fourth-order valence-electron chi connectivity index (χ4n) is 1.51. The summed E-state index contributed by atoms with van der Waals surface area (Å²) in [5, 5.41) is 12.9. The molecular weight excluding hydrogens is 206 g/mol. The molecule has 2 N–H and O–H groups in total. The quantitative estimate of drug-likeness (QED) is 0.767. The normalized spacial score (nSPS) is 12.2. The standard InChI is InChI=1S/C12H19NO3/c1-13-7-6-10(14)9-4-5-11(15-2)12(8-9)16-3/h4-5,8,10,13-14H,6-7H2,1-3H3. The Kier molecular flexibility index (Phi) is 5.08. The lowest BCUT2D eigenvalue weighted by Gasteiger charge is -2.13. The highest BCUT2D eigenvalue weighted by atomic mass is 16.5. The van der Waals surface area contributed by atoms with Crippen LogP contribution in [-0.4, -0.2) is 32.9 Å². The van der Waals surface area contributed by atoms with Gasteiger partial charge in [0, 0.05) is 0 Å². The molecule has 0 heterocycles. The van der Waals surface area contributed by atoms with Gasteiger partial charge in [0.25, 0.3) is 0 Å². The topological polar surface area (TPSA) is 50.7 Å². The first-order valence-corrected chi connectivity index (χ1v) is 5.27. The second-order valence-corrected chi connectivity index (χ2v) is 3.52. The van der Waals surface area contributed by atoms with Crippen molar-refractivity contribution in [2.75, 3.05) is 27.8 Å². The molecule has 0 aliphatic rings. The summed E-state index contributed by atoms with van der Waals surface area (Å²) in [6.45, 7) is 0.773. The predicted octanol–water partition coefficient (Wildman–Crippen LogP) is 1.35. The smallest absolute Gasteiger partial charge is 0.161 e. The Labute approximate surface area is 96.2 Å². The van der Waals surface area contributed by atoms with Gasteiger partial charge in [-0.3, -0.25) is 0 Å². The van der Waals surface area contributed by atoms with Gasteiger partial charge in [-0.15, -0.1) is 0 Å². The van der Waals surface area contributed by atoms with Crippen molar-refractivity contribution in [1.29, 1.82) is 0 Å². The molecule has 0 aliphatic carbocycles. The van der Waals surface area contributed by atoms with Gasteiger partial charge in [0.1, 0.15) is 0 Å². The number of ether oxygens (including phenoxy) is 2. The largest absolute Gasteiger partial charge is 0.493 e. The van der Waals surface area contributed by atoms with E-state index in [0.29, 0.717) is 17.9 Å². The van der Waals surface area contributed by atoms with Crippen LogP contribution in [0.1, 0.15) is 18.1 Å². The average molecular weight is 225 g/mol. The summed E-state index contributed by atoms with van der Waals surface area (Å²) in [4.78, 5) is 0. The zero-order valence-electron chi connectivity index (χ0n) is 9.99. The van der Waals surface area contributed by atoms with E-state index in [1.54, 1.807) is 26.4 Å². The number of rotatable bonds is 6. The minimum atomic E-state index is -0.479. The summed E-state index contributed by atoms with van der Waals surface area (Å²) < 4.78 is 10.3. The van der Waals surface area contributed by atoms with Crippen LogP contribution in [0, 0.1) is 0 Å². The Morgan fingerprint density at radius 3 is 2.50 bits per heavy atom. The fraction of sp³-hybridized carbons (Fsp3) is 0.500. The van der Waals surface area contributed by atoms with E-state index in [1.807, 2.05) is 13.1 Å². The van der Waals surface area contributed by atoms with Gasteiger partial charge in [-0.25, -0.2) is 0 Å². The predicted molar refractivity (Wildman–Crippen MR) is 63.0 cm³/mol. The van der Waals surface area contributed by atoms with E-state index < -0.39 is 6.10 Å². The monoisotopic (exact) mass is 225 g/mol. The second-order valence-electron chi connectivity index (χ2n) is 3.52. The average Bonchev–Trinajstić information content (AvgIpc) is 2.34. The molecule has 1 rings (SSSR count). The van der Waals surface area contributed by atoms with Crippen LogP contribution in [0.2, 0.25) is 0 Å². The van der Waals surface area contributed by atoms with Crippen LogP contribution in [0.3, 0.4) is 0 Å². The summed E-state index contributed by atoms with van der Waals surface area (Å²) in [5.41, 5.74) is 0.841. The lowest BCUT2D eigenvalue weighted by Crippen LogP contribution is -2.12. The maximum atomic E-state index is 9.90. The Balaban J connectivity index is 2.81. The number of hydrogen-bond donors (Lipinski definition) is 2. The minimum absolute atomic E-state index is 0.479. The van der Waals surface area contributed by atoms with E-state index in [9.17, 15) is 5.11 Å². The van der Waals surface area contributed by atoms with Gasteiger partial charge in [0.05, 0.1) is 20.3 Å². The number of nitrogens with one attached hydrogen (secondary N) is 1. The molecule has 16 heavy (non-hydrogen) atoms. The minimum Gasteiger partial charge on any atom is -0.493 e. The van der Waals surface area contributed by atoms with Gasteiger partial charge in [-0.2, -0.15) is 0 Å². The van der Waals surface area contributed by atoms with Crippen molar-refractivity contribution in [1.82, 2.24) is 5.32 Å². The van der Waals surface area contributed by atoms with Crippen LogP contribution in [0.4, 0.5) is 0 Å². The summed E-state index contributed by atoms with van der Waals surface area (Å²) in [7, 11) is 5.04. The van der Waals surface area contributed by atoms with E-state index in [0.717, 1.165) is 12.1 Å². The first kappa shape index (κ1) is 12.8. The molecule has 0 saturated carbocycles. The van der Waals surface area contributed by atoms with Gasteiger partial charge >= 0.3 is 0 Å². The Bertz CT molecular complexity index is 328. The van der Waals surface area contributed by atoms with E-state index in [2.05, 4.69) is 5.32 Å². The molecule has 1 aromatic carbocycles. The number of aliphatic hydroxyl groups is 1. The molecule has 4 nitrogen and oxygen atoms in total. The van der Waals surface area contributed by atoms with Gasteiger partial charge in [0.2, 0.25) is 0 Å². The molecule has 0 bridgehead atoms. The molecule has 1 atom stereocenters. The highest BCUT2D eigenvalue weighted by Crippen LogP contribution is 2.30. The Hall–Kier alpha value is -1.26. The van der Waals surface area contributed by atoms with Crippen molar-refractivity contribution in [2.24, 2.45) is 0 Å². The third-order valence-electron chi connectivity index (χ3n) is 2.46. The molecule has 0 amide bonds. The zero-order chi connectivity index (χ0) is 12.0. The van der Waals surface area contributed by atoms with Crippen molar-refractivity contribution < 1.29 is 14.6 Å². The van der Waals surface area contributed by atoms with Crippen molar-refractivity contribution in [3.63, 3.8) is 0 Å². The maximum absolute atomic E-state index is 9.90. The van der Waals surface area contributed by atoms with E-state index in [4.69, 9.17) is 9.47 Å².